The normalized spacial score (nSPS) is 12.4. The van der Waals surface area contributed by atoms with E-state index in [1.807, 2.05) is 30.3 Å². The van der Waals surface area contributed by atoms with E-state index in [-0.39, 0.29) is 24.9 Å². The van der Waals surface area contributed by atoms with Gasteiger partial charge in [0.2, 0.25) is 0 Å². The van der Waals surface area contributed by atoms with Gasteiger partial charge in [-0.3, -0.25) is 14.4 Å². The van der Waals surface area contributed by atoms with Crippen LogP contribution < -0.4 is 26.2 Å². The highest BCUT2D eigenvalue weighted by Gasteiger charge is 2.17. The number of aromatic amines is 1. The quantitative estimate of drug-likeness (QED) is 0.354. The predicted molar refractivity (Wildman–Crippen MR) is 128 cm³/mol. The lowest BCUT2D eigenvalue weighted by atomic mass is 10.1. The van der Waals surface area contributed by atoms with E-state index >= 15 is 0 Å². The van der Waals surface area contributed by atoms with E-state index in [1.54, 1.807) is 36.4 Å². The Hall–Kier alpha value is -4.66. The van der Waals surface area contributed by atoms with Crippen LogP contribution >= 0.6 is 0 Å². The third kappa shape index (κ3) is 4.44. The number of amides is 2. The summed E-state index contributed by atoms with van der Waals surface area (Å²) < 4.78 is 5.34. The molecule has 4 N–H and O–H groups in total. The van der Waals surface area contributed by atoms with Gasteiger partial charge < -0.3 is 25.7 Å². The van der Waals surface area contributed by atoms with Gasteiger partial charge in [0.15, 0.2) is 12.4 Å². The summed E-state index contributed by atoms with van der Waals surface area (Å²) in [6.07, 6.45) is 0. The topological polar surface area (TPSA) is 125 Å². The maximum absolute atomic E-state index is 12.8. The van der Waals surface area contributed by atoms with Crippen LogP contribution in [0.1, 0.15) is 21.7 Å². The third-order valence-corrected chi connectivity index (χ3v) is 5.40. The minimum atomic E-state index is -0.514. The number of fused-ring (bicyclic) bond motifs is 2. The van der Waals surface area contributed by atoms with Crippen LogP contribution in [0.15, 0.2) is 71.5 Å². The highest BCUT2D eigenvalue weighted by Crippen LogP contribution is 2.28. The van der Waals surface area contributed by atoms with Crippen molar-refractivity contribution in [3.05, 3.63) is 94.0 Å². The maximum Gasteiger partial charge on any atom is 0.287 e. The van der Waals surface area contributed by atoms with Crippen molar-refractivity contribution in [1.29, 1.82) is 0 Å². The summed E-state index contributed by atoms with van der Waals surface area (Å²) in [4.78, 5) is 44.0. The molecule has 4 aromatic rings. The molecule has 2 heterocycles. The van der Waals surface area contributed by atoms with E-state index < -0.39 is 11.5 Å². The van der Waals surface area contributed by atoms with Crippen LogP contribution in [0.3, 0.4) is 0 Å². The van der Waals surface area contributed by atoms with Crippen molar-refractivity contribution in [3.8, 4) is 5.75 Å². The minimum Gasteiger partial charge on any atom is -0.482 e. The minimum absolute atomic E-state index is 0.0203. The first-order valence-corrected chi connectivity index (χ1v) is 10.7. The van der Waals surface area contributed by atoms with Crippen LogP contribution in [0.25, 0.3) is 10.9 Å². The number of nitrogens with zero attached hydrogens (tertiary/aromatic N) is 1. The zero-order valence-corrected chi connectivity index (χ0v) is 18.1. The molecule has 3 aromatic carbocycles. The standard InChI is InChI=1S/C25H21N5O4/c31-21-14-34-20-10-9-16(11-19(20)28-21)13-27-25(33)23-29-18-8-4-7-17(22(18)24(32)30-23)26-12-15-5-2-1-3-6-15/h1-11,26H,12-14H2,(H,27,33)(H,28,31)(H,29,30,32). The van der Waals surface area contributed by atoms with Gasteiger partial charge in [-0.05, 0) is 35.4 Å². The third-order valence-electron chi connectivity index (χ3n) is 5.40. The van der Waals surface area contributed by atoms with Gasteiger partial charge in [0.25, 0.3) is 17.4 Å². The maximum atomic E-state index is 12.8. The molecule has 2 amide bonds. The number of hydrogen-bond acceptors (Lipinski definition) is 6. The molecule has 0 radical (unpaired) electrons. The van der Waals surface area contributed by atoms with Gasteiger partial charge in [-0.15, -0.1) is 0 Å². The Morgan fingerprint density at radius 1 is 0.971 bits per heavy atom. The van der Waals surface area contributed by atoms with E-state index in [4.69, 9.17) is 4.74 Å². The van der Waals surface area contributed by atoms with Crippen LogP contribution in [0.4, 0.5) is 11.4 Å². The molecule has 5 rings (SSSR count). The van der Waals surface area contributed by atoms with Crippen LogP contribution in [-0.2, 0) is 17.9 Å². The molecule has 1 aromatic heterocycles. The predicted octanol–water partition coefficient (Wildman–Crippen LogP) is 2.80. The van der Waals surface area contributed by atoms with Crippen molar-refractivity contribution in [1.82, 2.24) is 15.3 Å². The van der Waals surface area contributed by atoms with Crippen LogP contribution in [0.5, 0.6) is 5.75 Å². The monoisotopic (exact) mass is 455 g/mol. The lowest BCUT2D eigenvalue weighted by Gasteiger charge is -2.18. The molecule has 9 heteroatoms. The Labute approximate surface area is 194 Å². The molecule has 170 valence electrons. The fraction of sp³-hybridized carbons (Fsp3) is 0.120. The Kier molecular flexibility index (Phi) is 5.65. The number of aromatic nitrogens is 2. The average molecular weight is 455 g/mol. The van der Waals surface area contributed by atoms with Crippen LogP contribution in [-0.4, -0.2) is 28.4 Å². The second-order valence-corrected chi connectivity index (χ2v) is 7.80. The second kappa shape index (κ2) is 9.07. The summed E-state index contributed by atoms with van der Waals surface area (Å²) in [7, 11) is 0. The van der Waals surface area contributed by atoms with Crippen LogP contribution in [0, 0.1) is 0 Å². The van der Waals surface area contributed by atoms with Crippen molar-refractivity contribution in [2.45, 2.75) is 13.1 Å². The molecule has 0 bridgehead atoms. The van der Waals surface area contributed by atoms with Crippen molar-refractivity contribution in [3.63, 3.8) is 0 Å². The molecule has 0 fully saturated rings. The Balaban J connectivity index is 1.32. The first-order valence-electron chi connectivity index (χ1n) is 10.7. The summed E-state index contributed by atoms with van der Waals surface area (Å²) in [5.74, 6) is -0.247. The smallest absolute Gasteiger partial charge is 0.287 e. The molecular formula is C25H21N5O4. The molecule has 9 nitrogen and oxygen atoms in total. The van der Waals surface area contributed by atoms with Gasteiger partial charge >= 0.3 is 0 Å². The Bertz CT molecular complexity index is 1450. The number of carbonyl (C=O) groups is 2. The van der Waals surface area contributed by atoms with Crippen molar-refractivity contribution < 1.29 is 14.3 Å². The van der Waals surface area contributed by atoms with Gasteiger partial charge in [0, 0.05) is 18.8 Å². The SMILES string of the molecule is O=C1COc2ccc(CNC(=O)c3nc4cccc(NCc5ccccc5)c4c(=O)[nH]3)cc2N1. The van der Waals surface area contributed by atoms with E-state index in [0.29, 0.717) is 34.6 Å². The van der Waals surface area contributed by atoms with Crippen molar-refractivity contribution in [2.24, 2.45) is 0 Å². The van der Waals surface area contributed by atoms with Crippen molar-refractivity contribution >= 4 is 34.1 Å². The fourth-order valence-corrected chi connectivity index (χ4v) is 3.74. The number of benzene rings is 3. The highest BCUT2D eigenvalue weighted by atomic mass is 16.5. The van der Waals surface area contributed by atoms with E-state index in [9.17, 15) is 14.4 Å². The molecule has 0 saturated heterocycles. The molecule has 1 aliphatic rings. The summed E-state index contributed by atoms with van der Waals surface area (Å²) in [5, 5.41) is 9.13. The number of anilines is 2. The number of hydrogen-bond donors (Lipinski definition) is 4. The summed E-state index contributed by atoms with van der Waals surface area (Å²) >= 11 is 0. The lowest BCUT2D eigenvalue weighted by Crippen LogP contribution is -2.28. The fourth-order valence-electron chi connectivity index (χ4n) is 3.74. The number of ether oxygens (including phenoxy) is 1. The zero-order chi connectivity index (χ0) is 23.5. The molecule has 0 saturated carbocycles. The molecule has 0 spiro atoms. The van der Waals surface area contributed by atoms with E-state index in [0.717, 1.165) is 11.1 Å². The highest BCUT2D eigenvalue weighted by molar-refractivity contribution is 5.96. The Morgan fingerprint density at radius 2 is 1.82 bits per heavy atom. The zero-order valence-electron chi connectivity index (χ0n) is 18.1. The van der Waals surface area contributed by atoms with E-state index in [1.165, 1.54) is 0 Å². The van der Waals surface area contributed by atoms with Crippen molar-refractivity contribution in [2.75, 3.05) is 17.2 Å². The molecule has 0 unspecified atom stereocenters. The van der Waals surface area contributed by atoms with Crippen LogP contribution in [0.2, 0.25) is 0 Å². The number of nitrogens with one attached hydrogen (secondary N) is 4. The van der Waals surface area contributed by atoms with Gasteiger partial charge in [-0.25, -0.2) is 4.98 Å². The summed E-state index contributed by atoms with van der Waals surface area (Å²) in [6.45, 7) is 0.712. The summed E-state index contributed by atoms with van der Waals surface area (Å²) in [6, 6.07) is 20.4. The van der Waals surface area contributed by atoms with Gasteiger partial charge in [-0.1, -0.05) is 42.5 Å². The molecule has 0 atom stereocenters. The molecular weight excluding hydrogens is 434 g/mol. The number of H-pyrrole nitrogens is 1. The summed E-state index contributed by atoms with van der Waals surface area (Å²) in [5.41, 5.74) is 3.04. The Morgan fingerprint density at radius 3 is 2.68 bits per heavy atom. The number of carbonyl (C=O) groups excluding carboxylic acids is 2. The molecule has 34 heavy (non-hydrogen) atoms. The van der Waals surface area contributed by atoms with Gasteiger partial charge in [0.05, 0.1) is 16.6 Å². The van der Waals surface area contributed by atoms with Gasteiger partial charge in [-0.2, -0.15) is 0 Å². The number of rotatable bonds is 6. The van der Waals surface area contributed by atoms with Gasteiger partial charge in [0.1, 0.15) is 5.75 Å². The molecule has 1 aliphatic heterocycles. The first-order chi connectivity index (χ1) is 16.6. The lowest BCUT2D eigenvalue weighted by molar-refractivity contribution is -0.118. The first kappa shape index (κ1) is 21.2. The van der Waals surface area contributed by atoms with E-state index in [2.05, 4.69) is 25.9 Å². The average Bonchev–Trinajstić information content (AvgIpc) is 2.86. The largest absolute Gasteiger partial charge is 0.482 e. The second-order valence-electron chi connectivity index (χ2n) is 7.80. The molecule has 0 aliphatic carbocycles.